The van der Waals surface area contributed by atoms with Crippen LogP contribution in [0.4, 0.5) is 0 Å². The minimum atomic E-state index is 0.723. The van der Waals surface area contributed by atoms with Crippen LogP contribution in [0.1, 0.15) is 37.9 Å². The molecule has 0 amide bonds. The monoisotopic (exact) mass is 263 g/mol. The second kappa shape index (κ2) is 5.59. The Morgan fingerprint density at radius 2 is 2.05 bits per heavy atom. The Labute approximate surface area is 115 Å². The minimum Gasteiger partial charge on any atom is -0.321 e. The van der Waals surface area contributed by atoms with E-state index in [-0.39, 0.29) is 0 Å². The van der Waals surface area contributed by atoms with Crippen molar-refractivity contribution < 1.29 is 0 Å². The Morgan fingerprint density at radius 1 is 1.32 bits per heavy atom. The van der Waals surface area contributed by atoms with Crippen molar-refractivity contribution in [1.29, 1.82) is 0 Å². The quantitative estimate of drug-likeness (QED) is 0.879. The topological polar surface area (TPSA) is 46.0 Å². The van der Waals surface area contributed by atoms with Crippen molar-refractivity contribution in [1.82, 2.24) is 25.0 Å². The molecule has 2 saturated heterocycles. The van der Waals surface area contributed by atoms with Gasteiger partial charge in [-0.1, -0.05) is 6.42 Å². The van der Waals surface area contributed by atoms with Gasteiger partial charge in [-0.25, -0.2) is 0 Å². The van der Waals surface area contributed by atoms with Gasteiger partial charge in [0.15, 0.2) is 0 Å². The predicted octanol–water partition coefficient (Wildman–Crippen LogP) is 0.962. The average Bonchev–Trinajstić information content (AvgIpc) is 2.81. The van der Waals surface area contributed by atoms with Crippen molar-refractivity contribution in [2.75, 3.05) is 13.6 Å². The van der Waals surface area contributed by atoms with Crippen molar-refractivity contribution in [2.45, 2.75) is 56.7 Å². The Morgan fingerprint density at radius 3 is 2.63 bits per heavy atom. The van der Waals surface area contributed by atoms with Crippen LogP contribution in [-0.4, -0.2) is 51.4 Å². The standard InChI is InChI=1S/C14H25N5/c1-15-11-8-12-4-3-5-13(9-11)19(12)7-6-14-17-16-10-18(14)2/h10-13,15H,3-9H2,1-2H3. The summed E-state index contributed by atoms with van der Waals surface area (Å²) < 4.78 is 2.04. The lowest BCUT2D eigenvalue weighted by Crippen LogP contribution is -2.56. The molecule has 3 rings (SSSR count). The molecule has 0 saturated carbocycles. The van der Waals surface area contributed by atoms with Gasteiger partial charge >= 0.3 is 0 Å². The highest BCUT2D eigenvalue weighted by atomic mass is 15.3. The first kappa shape index (κ1) is 13.1. The van der Waals surface area contributed by atoms with Gasteiger partial charge in [0.2, 0.25) is 0 Å². The largest absolute Gasteiger partial charge is 0.321 e. The fourth-order valence-electron chi connectivity index (χ4n) is 3.84. The van der Waals surface area contributed by atoms with E-state index in [0.717, 1.165) is 36.9 Å². The van der Waals surface area contributed by atoms with Crippen LogP contribution >= 0.6 is 0 Å². The van der Waals surface area contributed by atoms with Gasteiger partial charge in [0.05, 0.1) is 0 Å². The van der Waals surface area contributed by atoms with E-state index in [2.05, 4.69) is 27.5 Å². The Kier molecular flexibility index (Phi) is 3.84. The van der Waals surface area contributed by atoms with Gasteiger partial charge < -0.3 is 9.88 Å². The molecule has 0 aliphatic carbocycles. The maximum absolute atomic E-state index is 4.20. The molecule has 1 aromatic rings. The Balaban J connectivity index is 1.63. The van der Waals surface area contributed by atoms with Crippen LogP contribution < -0.4 is 5.32 Å². The first-order chi connectivity index (χ1) is 9.28. The number of piperidine rings is 2. The zero-order valence-corrected chi connectivity index (χ0v) is 12.0. The summed E-state index contributed by atoms with van der Waals surface area (Å²) in [7, 11) is 4.14. The lowest BCUT2D eigenvalue weighted by atomic mass is 9.81. The van der Waals surface area contributed by atoms with Crippen molar-refractivity contribution in [3.05, 3.63) is 12.2 Å². The van der Waals surface area contributed by atoms with Crippen molar-refractivity contribution in [3.8, 4) is 0 Å². The molecule has 0 radical (unpaired) electrons. The molecular formula is C14H25N5. The van der Waals surface area contributed by atoms with E-state index < -0.39 is 0 Å². The summed E-state index contributed by atoms with van der Waals surface area (Å²) in [5, 5.41) is 11.6. The molecule has 0 spiro atoms. The number of hydrogen-bond acceptors (Lipinski definition) is 4. The van der Waals surface area contributed by atoms with Gasteiger partial charge in [-0.2, -0.15) is 0 Å². The third-order valence-electron chi connectivity index (χ3n) is 4.93. The molecule has 5 nitrogen and oxygen atoms in total. The molecular weight excluding hydrogens is 238 g/mol. The maximum Gasteiger partial charge on any atom is 0.133 e. The van der Waals surface area contributed by atoms with Gasteiger partial charge in [-0.15, -0.1) is 10.2 Å². The molecule has 3 heterocycles. The third-order valence-corrected chi connectivity index (χ3v) is 4.93. The smallest absolute Gasteiger partial charge is 0.133 e. The highest BCUT2D eigenvalue weighted by Crippen LogP contribution is 2.33. The predicted molar refractivity (Wildman–Crippen MR) is 74.9 cm³/mol. The number of nitrogens with one attached hydrogen (secondary N) is 1. The number of hydrogen-bond donors (Lipinski definition) is 1. The van der Waals surface area contributed by atoms with Crippen LogP contribution in [0.2, 0.25) is 0 Å². The van der Waals surface area contributed by atoms with E-state index >= 15 is 0 Å². The zero-order chi connectivity index (χ0) is 13.2. The van der Waals surface area contributed by atoms with Crippen LogP contribution in [-0.2, 0) is 13.5 Å². The number of nitrogens with zero attached hydrogens (tertiary/aromatic N) is 4. The molecule has 2 aliphatic rings. The molecule has 5 heteroatoms. The maximum atomic E-state index is 4.20. The molecule has 19 heavy (non-hydrogen) atoms. The molecule has 1 aromatic heterocycles. The summed E-state index contributed by atoms with van der Waals surface area (Å²) in [6, 6.07) is 2.28. The van der Waals surface area contributed by atoms with E-state index in [1.54, 1.807) is 6.33 Å². The average molecular weight is 263 g/mol. The van der Waals surface area contributed by atoms with E-state index in [0.29, 0.717) is 0 Å². The second-order valence-corrected chi connectivity index (χ2v) is 6.04. The molecule has 106 valence electrons. The van der Waals surface area contributed by atoms with Gasteiger partial charge in [0.25, 0.3) is 0 Å². The molecule has 2 bridgehead atoms. The SMILES string of the molecule is CNC1CC2CCCC(C1)N2CCc1nncn1C. The van der Waals surface area contributed by atoms with E-state index in [9.17, 15) is 0 Å². The summed E-state index contributed by atoms with van der Waals surface area (Å²) in [5.41, 5.74) is 0. The van der Waals surface area contributed by atoms with Gasteiger partial charge in [0, 0.05) is 38.1 Å². The van der Waals surface area contributed by atoms with E-state index in [4.69, 9.17) is 0 Å². The normalized spacial score (nSPS) is 31.6. The third kappa shape index (κ3) is 2.67. The lowest BCUT2D eigenvalue weighted by Gasteiger charge is -2.49. The summed E-state index contributed by atoms with van der Waals surface area (Å²) in [6.07, 6.45) is 9.59. The highest BCUT2D eigenvalue weighted by Gasteiger charge is 2.37. The van der Waals surface area contributed by atoms with Crippen LogP contribution in [0.5, 0.6) is 0 Å². The second-order valence-electron chi connectivity index (χ2n) is 6.04. The molecule has 2 unspecified atom stereocenters. The molecule has 2 fully saturated rings. The number of rotatable bonds is 4. The molecule has 0 aromatic carbocycles. The number of aryl methyl sites for hydroxylation is 1. The Hall–Kier alpha value is -0.940. The Bertz CT molecular complexity index is 402. The summed E-state index contributed by atoms with van der Waals surface area (Å²) in [6.45, 7) is 1.14. The highest BCUT2D eigenvalue weighted by molar-refractivity contribution is 4.96. The molecule has 2 atom stereocenters. The van der Waals surface area contributed by atoms with Crippen LogP contribution in [0.3, 0.4) is 0 Å². The van der Waals surface area contributed by atoms with Crippen molar-refractivity contribution in [2.24, 2.45) is 7.05 Å². The van der Waals surface area contributed by atoms with Crippen LogP contribution in [0.15, 0.2) is 6.33 Å². The van der Waals surface area contributed by atoms with Crippen LogP contribution in [0.25, 0.3) is 0 Å². The summed E-state index contributed by atoms with van der Waals surface area (Å²) in [4.78, 5) is 2.74. The van der Waals surface area contributed by atoms with E-state index in [1.165, 1.54) is 32.1 Å². The fraction of sp³-hybridized carbons (Fsp3) is 0.857. The minimum absolute atomic E-state index is 0.723. The first-order valence-electron chi connectivity index (χ1n) is 7.54. The molecule has 2 aliphatic heterocycles. The van der Waals surface area contributed by atoms with Crippen molar-refractivity contribution >= 4 is 0 Å². The first-order valence-corrected chi connectivity index (χ1v) is 7.54. The summed E-state index contributed by atoms with van der Waals surface area (Å²) in [5.74, 6) is 1.11. The van der Waals surface area contributed by atoms with Crippen molar-refractivity contribution in [3.63, 3.8) is 0 Å². The van der Waals surface area contributed by atoms with Crippen LogP contribution in [0, 0.1) is 0 Å². The fourth-order valence-corrected chi connectivity index (χ4v) is 3.84. The van der Waals surface area contributed by atoms with Gasteiger partial charge in [0.1, 0.15) is 12.2 Å². The number of fused-ring (bicyclic) bond motifs is 2. The molecule has 1 N–H and O–H groups in total. The van der Waals surface area contributed by atoms with Gasteiger partial charge in [-0.05, 0) is 32.7 Å². The number of aromatic nitrogens is 3. The van der Waals surface area contributed by atoms with E-state index in [1.807, 2.05) is 11.6 Å². The zero-order valence-electron chi connectivity index (χ0n) is 12.0. The van der Waals surface area contributed by atoms with Gasteiger partial charge in [-0.3, -0.25) is 4.90 Å². The lowest BCUT2D eigenvalue weighted by molar-refractivity contribution is 0.0265. The summed E-state index contributed by atoms with van der Waals surface area (Å²) >= 11 is 0.